The molecule has 9 heteroatoms. The first kappa shape index (κ1) is 15.8. The van der Waals surface area contributed by atoms with Gasteiger partial charge in [-0.25, -0.2) is 10.5 Å². The van der Waals surface area contributed by atoms with Gasteiger partial charge in [-0.05, 0) is 6.42 Å². The number of anilines is 2. The maximum Gasteiger partial charge on any atom is 0.433 e. The Morgan fingerprint density at radius 2 is 2.19 bits per heavy atom. The Morgan fingerprint density at radius 3 is 2.76 bits per heavy atom. The molecule has 0 aromatic carbocycles. The van der Waals surface area contributed by atoms with Crippen LogP contribution in [0.15, 0.2) is 6.07 Å². The quantitative estimate of drug-likeness (QED) is 0.839. The molecule has 21 heavy (non-hydrogen) atoms. The van der Waals surface area contributed by atoms with Crippen LogP contribution in [0.5, 0.6) is 0 Å². The van der Waals surface area contributed by atoms with Gasteiger partial charge in [0.25, 0.3) is 0 Å². The summed E-state index contributed by atoms with van der Waals surface area (Å²) in [5.74, 6) is 0.164. The molecule has 6 nitrogen and oxygen atoms in total. The van der Waals surface area contributed by atoms with E-state index < -0.39 is 11.9 Å². The summed E-state index contributed by atoms with van der Waals surface area (Å²) in [4.78, 5) is 14.0. The number of aromatic nitrogens is 2. The third kappa shape index (κ3) is 4.43. The van der Waals surface area contributed by atoms with Gasteiger partial charge in [0.15, 0.2) is 5.69 Å². The maximum atomic E-state index is 12.8. The molecule has 1 aromatic heterocycles. The zero-order valence-corrected chi connectivity index (χ0v) is 11.8. The van der Waals surface area contributed by atoms with Crippen LogP contribution in [0.1, 0.15) is 12.1 Å². The largest absolute Gasteiger partial charge is 0.433 e. The van der Waals surface area contributed by atoms with Gasteiger partial charge in [-0.3, -0.25) is 4.84 Å². The highest BCUT2D eigenvalue weighted by Crippen LogP contribution is 2.30. The van der Waals surface area contributed by atoms with Crippen molar-refractivity contribution in [2.75, 3.05) is 44.3 Å². The SMILES string of the molecule is CN(C)c1cc(C(F)(F)F)nc(NOCC2CCOC2)n1. The van der Waals surface area contributed by atoms with Gasteiger partial charge in [0.1, 0.15) is 5.82 Å². The lowest BCUT2D eigenvalue weighted by atomic mass is 10.1. The topological polar surface area (TPSA) is 59.5 Å². The number of hydrogen-bond donors (Lipinski definition) is 1. The van der Waals surface area contributed by atoms with Crippen molar-refractivity contribution in [2.24, 2.45) is 5.92 Å². The summed E-state index contributed by atoms with van der Waals surface area (Å²) in [6.45, 7) is 1.60. The Morgan fingerprint density at radius 1 is 1.43 bits per heavy atom. The number of ether oxygens (including phenoxy) is 1. The van der Waals surface area contributed by atoms with Gasteiger partial charge >= 0.3 is 6.18 Å². The molecule has 118 valence electrons. The van der Waals surface area contributed by atoms with Crippen LogP contribution in [0.2, 0.25) is 0 Å². The molecule has 0 saturated carbocycles. The fraction of sp³-hybridized carbons (Fsp3) is 0.667. The highest BCUT2D eigenvalue weighted by molar-refractivity contribution is 5.43. The Balaban J connectivity index is 2.04. The number of alkyl halides is 3. The van der Waals surface area contributed by atoms with Gasteiger partial charge < -0.3 is 9.64 Å². The fourth-order valence-corrected chi connectivity index (χ4v) is 1.79. The molecular formula is C12H17F3N4O2. The summed E-state index contributed by atoms with van der Waals surface area (Å²) in [7, 11) is 3.20. The fourth-order valence-electron chi connectivity index (χ4n) is 1.79. The van der Waals surface area contributed by atoms with Crippen LogP contribution < -0.4 is 10.4 Å². The van der Waals surface area contributed by atoms with Crippen LogP contribution >= 0.6 is 0 Å². The predicted molar refractivity (Wildman–Crippen MR) is 69.9 cm³/mol. The van der Waals surface area contributed by atoms with E-state index in [1.54, 1.807) is 14.1 Å². The molecule has 1 fully saturated rings. The molecule has 1 aliphatic heterocycles. The molecule has 0 radical (unpaired) electrons. The zero-order chi connectivity index (χ0) is 15.5. The number of nitrogens with zero attached hydrogens (tertiary/aromatic N) is 3. The van der Waals surface area contributed by atoms with Crippen molar-refractivity contribution in [2.45, 2.75) is 12.6 Å². The van der Waals surface area contributed by atoms with Crippen LogP contribution in [0.3, 0.4) is 0 Å². The standard InChI is InChI=1S/C12H17F3N4O2/c1-19(2)10-5-9(12(13,14)15)16-11(17-10)18-21-7-8-3-4-20-6-8/h5,8H,3-4,6-7H2,1-2H3,(H,16,17,18). The van der Waals surface area contributed by atoms with E-state index >= 15 is 0 Å². The third-order valence-corrected chi connectivity index (χ3v) is 2.97. The predicted octanol–water partition coefficient (Wildman–Crippen LogP) is 1.94. The van der Waals surface area contributed by atoms with Gasteiger partial charge in [0.05, 0.1) is 13.2 Å². The number of hydrogen-bond acceptors (Lipinski definition) is 6. The van der Waals surface area contributed by atoms with Crippen LogP contribution in [0.25, 0.3) is 0 Å². The summed E-state index contributed by atoms with van der Waals surface area (Å²) in [5.41, 5.74) is 1.36. The molecule has 0 spiro atoms. The zero-order valence-electron chi connectivity index (χ0n) is 11.8. The summed E-state index contributed by atoms with van der Waals surface area (Å²) in [6.07, 6.45) is -3.67. The Hall–Kier alpha value is -1.61. The molecule has 2 heterocycles. The van der Waals surface area contributed by atoms with Crippen molar-refractivity contribution < 1.29 is 22.7 Å². The van der Waals surface area contributed by atoms with E-state index in [4.69, 9.17) is 9.57 Å². The van der Waals surface area contributed by atoms with Crippen molar-refractivity contribution in [3.8, 4) is 0 Å². The summed E-state index contributed by atoms with van der Waals surface area (Å²) < 4.78 is 43.5. The van der Waals surface area contributed by atoms with Gasteiger partial charge in [0.2, 0.25) is 5.95 Å². The second-order valence-corrected chi connectivity index (χ2v) is 4.97. The smallest absolute Gasteiger partial charge is 0.381 e. The molecule has 1 N–H and O–H groups in total. The van der Waals surface area contributed by atoms with Crippen molar-refractivity contribution >= 4 is 11.8 Å². The minimum atomic E-state index is -4.54. The molecule has 0 bridgehead atoms. The van der Waals surface area contributed by atoms with E-state index in [1.165, 1.54) is 4.90 Å². The molecule has 1 saturated heterocycles. The lowest BCUT2D eigenvalue weighted by molar-refractivity contribution is -0.141. The van der Waals surface area contributed by atoms with E-state index in [0.717, 1.165) is 12.5 Å². The summed E-state index contributed by atoms with van der Waals surface area (Å²) in [6, 6.07) is 0.885. The van der Waals surface area contributed by atoms with Gasteiger partial charge in [-0.15, -0.1) is 0 Å². The lowest BCUT2D eigenvalue weighted by Crippen LogP contribution is -2.19. The monoisotopic (exact) mass is 306 g/mol. The van der Waals surface area contributed by atoms with Crippen molar-refractivity contribution in [1.82, 2.24) is 9.97 Å². The third-order valence-electron chi connectivity index (χ3n) is 2.97. The number of halogens is 3. The number of rotatable bonds is 5. The highest BCUT2D eigenvalue weighted by atomic mass is 19.4. The van der Waals surface area contributed by atoms with E-state index in [1.807, 2.05) is 0 Å². The average Bonchev–Trinajstić information content (AvgIpc) is 2.90. The van der Waals surface area contributed by atoms with Crippen molar-refractivity contribution in [3.63, 3.8) is 0 Å². The Bertz CT molecular complexity index is 476. The summed E-state index contributed by atoms with van der Waals surface area (Å²) >= 11 is 0. The van der Waals surface area contributed by atoms with E-state index in [2.05, 4.69) is 15.4 Å². The molecule has 1 aromatic rings. The van der Waals surface area contributed by atoms with Crippen LogP contribution in [0, 0.1) is 5.92 Å². The average molecular weight is 306 g/mol. The molecular weight excluding hydrogens is 289 g/mol. The molecule has 1 atom stereocenters. The highest BCUT2D eigenvalue weighted by Gasteiger charge is 2.34. The van der Waals surface area contributed by atoms with E-state index in [-0.39, 0.29) is 17.7 Å². The first-order valence-corrected chi connectivity index (χ1v) is 6.45. The summed E-state index contributed by atoms with van der Waals surface area (Å²) in [5, 5.41) is 0. The van der Waals surface area contributed by atoms with Crippen LogP contribution in [-0.2, 0) is 15.8 Å². The minimum Gasteiger partial charge on any atom is -0.381 e. The second kappa shape index (κ2) is 6.44. The second-order valence-electron chi connectivity index (χ2n) is 4.97. The first-order chi connectivity index (χ1) is 9.86. The maximum absolute atomic E-state index is 12.8. The van der Waals surface area contributed by atoms with Gasteiger partial charge in [-0.1, -0.05) is 0 Å². The Kier molecular flexibility index (Phi) is 4.84. The Labute approximate surface area is 120 Å². The van der Waals surface area contributed by atoms with Crippen LogP contribution in [-0.4, -0.2) is 43.9 Å². The number of nitrogens with one attached hydrogen (secondary N) is 1. The normalized spacial score (nSPS) is 18.8. The molecule has 0 aliphatic carbocycles. The van der Waals surface area contributed by atoms with E-state index in [0.29, 0.717) is 19.8 Å². The van der Waals surface area contributed by atoms with Crippen LogP contribution in [0.4, 0.5) is 24.9 Å². The molecule has 0 amide bonds. The van der Waals surface area contributed by atoms with Crippen molar-refractivity contribution in [1.29, 1.82) is 0 Å². The lowest BCUT2D eigenvalue weighted by Gasteiger charge is -2.16. The van der Waals surface area contributed by atoms with Gasteiger partial charge in [0, 0.05) is 32.7 Å². The van der Waals surface area contributed by atoms with E-state index in [9.17, 15) is 13.2 Å². The molecule has 1 unspecified atom stereocenters. The minimum absolute atomic E-state index is 0.146. The van der Waals surface area contributed by atoms with Crippen molar-refractivity contribution in [3.05, 3.63) is 11.8 Å². The molecule has 2 rings (SSSR count). The van der Waals surface area contributed by atoms with Gasteiger partial charge in [-0.2, -0.15) is 18.2 Å². The first-order valence-electron chi connectivity index (χ1n) is 6.45. The molecule has 1 aliphatic rings.